The highest BCUT2D eigenvalue weighted by atomic mass is 31.2. The van der Waals surface area contributed by atoms with Gasteiger partial charge in [0.15, 0.2) is 11.6 Å². The molecule has 0 radical (unpaired) electrons. The Morgan fingerprint density at radius 1 is 1.08 bits per heavy atom. The number of hydrogen-bond donors (Lipinski definition) is 1. The lowest BCUT2D eigenvalue weighted by atomic mass is 10.1. The van der Waals surface area contributed by atoms with E-state index in [1.807, 2.05) is 0 Å². The highest BCUT2D eigenvalue weighted by Crippen LogP contribution is 2.62. The lowest BCUT2D eigenvalue weighted by Gasteiger charge is -2.47. The maximum atomic E-state index is 15.1. The van der Waals surface area contributed by atoms with Gasteiger partial charge in [0.1, 0.15) is 11.8 Å². The first-order chi connectivity index (χ1) is 17.3. The van der Waals surface area contributed by atoms with Crippen molar-refractivity contribution in [2.24, 2.45) is 0 Å². The third-order valence-corrected chi connectivity index (χ3v) is 8.00. The molecule has 0 bridgehead atoms. The van der Waals surface area contributed by atoms with Gasteiger partial charge in [-0.25, -0.2) is 18.1 Å². The number of cyclic esters (lactones) is 1. The van der Waals surface area contributed by atoms with E-state index in [1.165, 1.54) is 6.92 Å². The predicted molar refractivity (Wildman–Crippen MR) is 115 cm³/mol. The van der Waals surface area contributed by atoms with E-state index < -0.39 is 78.9 Å². The first-order valence-electron chi connectivity index (χ1n) is 11.2. The zero-order valence-electron chi connectivity index (χ0n) is 19.4. The number of halogens is 6. The van der Waals surface area contributed by atoms with Gasteiger partial charge in [-0.1, -0.05) is 0 Å². The summed E-state index contributed by atoms with van der Waals surface area (Å²) in [6, 6.07) is -9.37. The van der Waals surface area contributed by atoms with Gasteiger partial charge in [-0.05, 0) is 12.8 Å². The third kappa shape index (κ3) is 4.99. The number of carbonyl (C=O) groups excluding carboxylic acids is 2. The number of carbonyl (C=O) groups is 2. The van der Waals surface area contributed by atoms with E-state index in [2.05, 4.69) is 5.32 Å². The summed E-state index contributed by atoms with van der Waals surface area (Å²) in [7, 11) is -4.82. The molecule has 3 aliphatic heterocycles. The van der Waals surface area contributed by atoms with E-state index >= 15 is 17.6 Å². The minimum absolute atomic E-state index is 0.0799. The Kier molecular flexibility index (Phi) is 7.40. The Morgan fingerprint density at radius 3 is 2.24 bits per heavy atom. The molecule has 1 aromatic rings. The lowest BCUT2D eigenvalue weighted by Crippen LogP contribution is -2.68. The highest BCUT2D eigenvalue weighted by Gasteiger charge is 2.71. The molecule has 1 atom stereocenters. The van der Waals surface area contributed by atoms with Crippen molar-refractivity contribution >= 4 is 31.1 Å². The second kappa shape index (κ2) is 9.97. The molecule has 2 amide bonds. The van der Waals surface area contributed by atoms with Crippen LogP contribution in [0.5, 0.6) is 0 Å². The number of anilines is 2. The van der Waals surface area contributed by atoms with Crippen LogP contribution in [0.1, 0.15) is 19.8 Å². The molecule has 0 aromatic heterocycles. The Balaban J connectivity index is 1.59. The molecule has 1 N–H and O–H groups in total. The van der Waals surface area contributed by atoms with Crippen LogP contribution in [-0.2, 0) is 23.1 Å². The normalized spacial score (nSPS) is 25.5. The standard InChI is InChI=1S/C20H23F6N4O6P/c1-12(31)27-10-14-11-28(18(32)36-14)13-8-15(21)17(16(22)9-13)29-4-5-30(20(25,26)19(29,23)24)37(33)34-6-2-3-7-35-37/h8-9,14H,2-7,10-11H2,1H3,(H,27,31). The number of rotatable bonds is 5. The number of hydrogen-bond acceptors (Lipinski definition) is 7. The van der Waals surface area contributed by atoms with Crippen LogP contribution in [0, 0.1) is 11.6 Å². The molecule has 0 aliphatic carbocycles. The minimum atomic E-state index is -5.24. The molecular weight excluding hydrogens is 537 g/mol. The number of alkyl halides is 4. The molecule has 37 heavy (non-hydrogen) atoms. The zero-order chi connectivity index (χ0) is 27.2. The number of piperazine rings is 1. The highest BCUT2D eigenvalue weighted by molar-refractivity contribution is 7.51. The fraction of sp³-hybridized carbons (Fsp3) is 0.600. The number of nitrogens with one attached hydrogen (secondary N) is 1. The molecule has 3 aliphatic rings. The fourth-order valence-corrected chi connectivity index (χ4v) is 5.96. The van der Waals surface area contributed by atoms with Gasteiger partial charge >= 0.3 is 25.9 Å². The lowest BCUT2D eigenvalue weighted by molar-refractivity contribution is -0.279. The van der Waals surface area contributed by atoms with Gasteiger partial charge in [-0.3, -0.25) is 18.7 Å². The molecule has 10 nitrogen and oxygen atoms in total. The van der Waals surface area contributed by atoms with E-state index in [0.29, 0.717) is 25.0 Å². The van der Waals surface area contributed by atoms with Gasteiger partial charge in [0, 0.05) is 32.1 Å². The van der Waals surface area contributed by atoms with Crippen LogP contribution < -0.4 is 15.1 Å². The topological polar surface area (TPSA) is 101 Å². The molecular formula is C20H23F6N4O6P. The van der Waals surface area contributed by atoms with Gasteiger partial charge in [-0.2, -0.15) is 17.6 Å². The average molecular weight is 560 g/mol. The Labute approximate surface area is 207 Å². The van der Waals surface area contributed by atoms with Gasteiger partial charge < -0.3 is 15.0 Å². The summed E-state index contributed by atoms with van der Waals surface area (Å²) < 4.78 is 117. The number of nitrogens with zero attached hydrogens (tertiary/aromatic N) is 3. The first kappa shape index (κ1) is 27.5. The third-order valence-electron chi connectivity index (χ3n) is 5.94. The molecule has 17 heteroatoms. The van der Waals surface area contributed by atoms with Gasteiger partial charge in [-0.15, -0.1) is 4.67 Å². The maximum absolute atomic E-state index is 15.1. The summed E-state index contributed by atoms with van der Waals surface area (Å²) in [5, 5.41) is 2.41. The predicted octanol–water partition coefficient (Wildman–Crippen LogP) is 3.67. The van der Waals surface area contributed by atoms with Crippen LogP contribution in [0.3, 0.4) is 0 Å². The van der Waals surface area contributed by atoms with Crippen molar-refractivity contribution in [1.29, 1.82) is 0 Å². The van der Waals surface area contributed by atoms with Crippen molar-refractivity contribution < 1.29 is 54.3 Å². The van der Waals surface area contributed by atoms with Crippen LogP contribution >= 0.6 is 7.75 Å². The summed E-state index contributed by atoms with van der Waals surface area (Å²) in [4.78, 5) is 23.5. The van der Waals surface area contributed by atoms with E-state index in [4.69, 9.17) is 13.8 Å². The maximum Gasteiger partial charge on any atom is 0.414 e. The Hall–Kier alpha value is -2.55. The molecule has 1 aromatic carbocycles. The van der Waals surface area contributed by atoms with E-state index in [9.17, 15) is 22.9 Å². The van der Waals surface area contributed by atoms with Gasteiger partial charge in [0.25, 0.3) is 0 Å². The molecule has 0 saturated carbocycles. The number of amides is 2. The summed E-state index contributed by atoms with van der Waals surface area (Å²) in [6.45, 7) is -1.67. The molecule has 1 unspecified atom stereocenters. The quantitative estimate of drug-likeness (QED) is 0.331. The first-order valence-corrected chi connectivity index (χ1v) is 12.7. The van der Waals surface area contributed by atoms with Crippen molar-refractivity contribution in [2.75, 3.05) is 49.2 Å². The molecule has 4 rings (SSSR count). The van der Waals surface area contributed by atoms with E-state index in [0.717, 1.165) is 4.90 Å². The van der Waals surface area contributed by atoms with Crippen molar-refractivity contribution in [2.45, 2.75) is 38.0 Å². The molecule has 0 spiro atoms. The smallest absolute Gasteiger partial charge is 0.414 e. The largest absolute Gasteiger partial charge is 0.442 e. The van der Waals surface area contributed by atoms with Crippen molar-refractivity contribution in [1.82, 2.24) is 9.99 Å². The summed E-state index contributed by atoms with van der Waals surface area (Å²) >= 11 is 0. The SMILES string of the molecule is CC(=O)NCC1CN(c2cc(F)c(N3CCN(P4(=O)OCCCCO4)C(F)(F)C3(F)F)c(F)c2)C(=O)O1. The second-order valence-corrected chi connectivity index (χ2v) is 10.4. The molecule has 3 fully saturated rings. The minimum Gasteiger partial charge on any atom is -0.442 e. The van der Waals surface area contributed by atoms with Crippen molar-refractivity contribution in [3.8, 4) is 0 Å². The van der Waals surface area contributed by atoms with E-state index in [-0.39, 0.29) is 31.0 Å². The van der Waals surface area contributed by atoms with Crippen LogP contribution in [0.15, 0.2) is 12.1 Å². The Morgan fingerprint density at radius 2 is 1.68 bits per heavy atom. The monoisotopic (exact) mass is 560 g/mol. The van der Waals surface area contributed by atoms with E-state index in [1.54, 1.807) is 0 Å². The molecule has 3 saturated heterocycles. The number of ether oxygens (including phenoxy) is 1. The van der Waals surface area contributed by atoms with Crippen LogP contribution in [0.4, 0.5) is 42.5 Å². The van der Waals surface area contributed by atoms with Crippen LogP contribution in [-0.4, -0.2) is 74.3 Å². The second-order valence-electron chi connectivity index (χ2n) is 8.51. The summed E-state index contributed by atoms with van der Waals surface area (Å²) in [5.41, 5.74) is -1.87. The zero-order valence-corrected chi connectivity index (χ0v) is 20.3. The Bertz CT molecular complexity index is 1090. The van der Waals surface area contributed by atoms with Crippen molar-refractivity contribution in [3.05, 3.63) is 23.8 Å². The van der Waals surface area contributed by atoms with Crippen molar-refractivity contribution in [3.63, 3.8) is 0 Å². The van der Waals surface area contributed by atoms with Gasteiger partial charge in [0.2, 0.25) is 5.91 Å². The number of benzene rings is 1. The fourth-order valence-electron chi connectivity index (χ4n) is 4.12. The molecule has 3 heterocycles. The summed E-state index contributed by atoms with van der Waals surface area (Å²) in [6.07, 6.45) is -1.24. The average Bonchev–Trinajstić information content (AvgIpc) is 3.03. The van der Waals surface area contributed by atoms with Crippen LogP contribution in [0.2, 0.25) is 0 Å². The van der Waals surface area contributed by atoms with Gasteiger partial charge in [0.05, 0.1) is 32.0 Å². The summed E-state index contributed by atoms with van der Waals surface area (Å²) in [5.74, 6) is -3.70. The molecule has 206 valence electrons. The van der Waals surface area contributed by atoms with Crippen LogP contribution in [0.25, 0.3) is 0 Å².